The summed E-state index contributed by atoms with van der Waals surface area (Å²) in [5.41, 5.74) is -0.286. The van der Waals surface area contributed by atoms with Crippen LogP contribution in [0.25, 0.3) is 0 Å². The Labute approximate surface area is 118 Å². The van der Waals surface area contributed by atoms with Crippen LogP contribution >= 0.6 is 0 Å². The van der Waals surface area contributed by atoms with Gasteiger partial charge in [-0.15, -0.1) is 0 Å². The van der Waals surface area contributed by atoms with E-state index >= 15 is 0 Å². The first kappa shape index (κ1) is 16.9. The van der Waals surface area contributed by atoms with Gasteiger partial charge in [0.15, 0.2) is 0 Å². The normalized spacial score (nSPS) is 22.4. The molecular weight excluding hydrogens is 240 g/mol. The Hall–Kier alpha value is -0.160. The maximum Gasteiger partial charge on any atom is 0.0817 e. The monoisotopic (exact) mass is 272 g/mol. The summed E-state index contributed by atoms with van der Waals surface area (Å²) in [5.74, 6) is 0. The van der Waals surface area contributed by atoms with E-state index in [9.17, 15) is 5.11 Å². The molecule has 2 N–H and O–H groups in total. The van der Waals surface area contributed by atoms with Crippen molar-refractivity contribution >= 4 is 0 Å². The number of aliphatic hydroxyl groups is 1. The summed E-state index contributed by atoms with van der Waals surface area (Å²) in [7, 11) is 2.12. The van der Waals surface area contributed by atoms with E-state index in [1.807, 2.05) is 0 Å². The molecule has 0 radical (unpaired) electrons. The number of nitrogens with one attached hydrogen (secondary N) is 1. The van der Waals surface area contributed by atoms with Gasteiger partial charge in [-0.25, -0.2) is 0 Å². The van der Waals surface area contributed by atoms with Crippen LogP contribution in [0, 0.1) is 5.41 Å². The van der Waals surface area contributed by atoms with Gasteiger partial charge in [-0.3, -0.25) is 0 Å². The van der Waals surface area contributed by atoms with Crippen molar-refractivity contribution in [1.82, 2.24) is 10.2 Å². The molecule has 1 rings (SSSR count). The third-order valence-electron chi connectivity index (χ3n) is 4.29. The van der Waals surface area contributed by atoms with Gasteiger partial charge >= 0.3 is 0 Å². The van der Waals surface area contributed by atoms with E-state index in [4.69, 9.17) is 4.74 Å². The van der Waals surface area contributed by atoms with E-state index in [1.54, 1.807) is 0 Å². The van der Waals surface area contributed by atoms with Gasteiger partial charge in [0.05, 0.1) is 5.60 Å². The lowest BCUT2D eigenvalue weighted by Crippen LogP contribution is -2.49. The van der Waals surface area contributed by atoms with Gasteiger partial charge in [-0.1, -0.05) is 20.8 Å². The molecular formula is C15H32N2O2. The van der Waals surface area contributed by atoms with Gasteiger partial charge in [-0.2, -0.15) is 0 Å². The lowest BCUT2D eigenvalue weighted by molar-refractivity contribution is -0.0800. The lowest BCUT2D eigenvalue weighted by atomic mass is 9.86. The third kappa shape index (κ3) is 5.78. The van der Waals surface area contributed by atoms with E-state index in [-0.39, 0.29) is 5.41 Å². The van der Waals surface area contributed by atoms with Crippen molar-refractivity contribution in [1.29, 1.82) is 0 Å². The van der Waals surface area contributed by atoms with Gasteiger partial charge in [0.2, 0.25) is 0 Å². The quantitative estimate of drug-likeness (QED) is 0.702. The van der Waals surface area contributed by atoms with Crippen molar-refractivity contribution in [2.75, 3.05) is 46.4 Å². The second kappa shape index (κ2) is 7.58. The fraction of sp³-hybridized carbons (Fsp3) is 1.00. The standard InChI is InChI=1S/C15H32N2O2/c1-5-14(3,11-16-6-2)12-17(4)13-15(18)7-9-19-10-8-15/h16,18H,5-13H2,1-4H3. The number of rotatable bonds is 8. The zero-order chi connectivity index (χ0) is 14.4. The minimum Gasteiger partial charge on any atom is -0.388 e. The van der Waals surface area contributed by atoms with Gasteiger partial charge in [-0.05, 0) is 25.4 Å². The van der Waals surface area contributed by atoms with Crippen molar-refractivity contribution in [3.05, 3.63) is 0 Å². The Kier molecular flexibility index (Phi) is 6.74. The predicted octanol–water partition coefficient (Wildman–Crippen LogP) is 1.49. The zero-order valence-corrected chi connectivity index (χ0v) is 13.2. The highest BCUT2D eigenvalue weighted by atomic mass is 16.5. The van der Waals surface area contributed by atoms with Crippen LogP contribution in [0.5, 0.6) is 0 Å². The molecule has 0 aromatic heterocycles. The van der Waals surface area contributed by atoms with Crippen molar-refractivity contribution in [3.63, 3.8) is 0 Å². The summed E-state index contributed by atoms with van der Waals surface area (Å²) in [6.45, 7) is 11.9. The van der Waals surface area contributed by atoms with Crippen LogP contribution in [0.3, 0.4) is 0 Å². The highest BCUT2D eigenvalue weighted by Crippen LogP contribution is 2.25. The van der Waals surface area contributed by atoms with Gasteiger partial charge in [0.25, 0.3) is 0 Å². The topological polar surface area (TPSA) is 44.7 Å². The summed E-state index contributed by atoms with van der Waals surface area (Å²) >= 11 is 0. The van der Waals surface area contributed by atoms with Crippen LogP contribution < -0.4 is 5.32 Å². The fourth-order valence-corrected chi connectivity index (χ4v) is 2.84. The van der Waals surface area contributed by atoms with E-state index in [0.29, 0.717) is 13.2 Å². The van der Waals surface area contributed by atoms with Crippen LogP contribution in [-0.2, 0) is 4.74 Å². The van der Waals surface area contributed by atoms with E-state index in [1.165, 1.54) is 0 Å². The summed E-state index contributed by atoms with van der Waals surface area (Å²) < 4.78 is 5.33. The van der Waals surface area contributed by atoms with Crippen LogP contribution in [0.1, 0.15) is 40.0 Å². The fourth-order valence-electron chi connectivity index (χ4n) is 2.84. The Morgan fingerprint density at radius 2 is 1.95 bits per heavy atom. The average Bonchev–Trinajstić information content (AvgIpc) is 2.36. The van der Waals surface area contributed by atoms with E-state index in [0.717, 1.165) is 45.4 Å². The molecule has 4 heteroatoms. The molecule has 1 aliphatic heterocycles. The molecule has 1 unspecified atom stereocenters. The first-order valence-electron chi connectivity index (χ1n) is 7.62. The zero-order valence-electron chi connectivity index (χ0n) is 13.2. The van der Waals surface area contributed by atoms with Crippen molar-refractivity contribution in [2.45, 2.75) is 45.6 Å². The lowest BCUT2D eigenvalue weighted by Gasteiger charge is -2.39. The van der Waals surface area contributed by atoms with Crippen molar-refractivity contribution < 1.29 is 9.84 Å². The molecule has 4 nitrogen and oxygen atoms in total. The third-order valence-corrected chi connectivity index (χ3v) is 4.29. The molecule has 1 saturated heterocycles. The van der Waals surface area contributed by atoms with Gasteiger partial charge < -0.3 is 20.1 Å². The van der Waals surface area contributed by atoms with Crippen LogP contribution in [-0.4, -0.2) is 62.0 Å². The van der Waals surface area contributed by atoms with E-state index in [2.05, 4.69) is 38.0 Å². The smallest absolute Gasteiger partial charge is 0.0817 e. The molecule has 0 aromatic carbocycles. The summed E-state index contributed by atoms with van der Waals surface area (Å²) in [5, 5.41) is 14.0. The highest BCUT2D eigenvalue weighted by molar-refractivity contribution is 4.86. The molecule has 1 aliphatic rings. The molecule has 0 amide bonds. The molecule has 19 heavy (non-hydrogen) atoms. The number of likely N-dealkylation sites (N-methyl/N-ethyl adjacent to an activating group) is 1. The summed E-state index contributed by atoms with van der Waals surface area (Å²) in [6.07, 6.45) is 2.66. The second-order valence-electron chi connectivity index (χ2n) is 6.45. The molecule has 0 bridgehead atoms. The first-order chi connectivity index (χ1) is 8.93. The largest absolute Gasteiger partial charge is 0.388 e. The molecule has 114 valence electrons. The molecule has 1 fully saturated rings. The Morgan fingerprint density at radius 3 is 2.47 bits per heavy atom. The van der Waals surface area contributed by atoms with Gasteiger partial charge in [0, 0.05) is 45.7 Å². The SMILES string of the molecule is CCNCC(C)(CC)CN(C)CC1(O)CCOCC1. The second-order valence-corrected chi connectivity index (χ2v) is 6.45. The first-order valence-corrected chi connectivity index (χ1v) is 7.62. The number of hydrogen-bond donors (Lipinski definition) is 2. The predicted molar refractivity (Wildman–Crippen MR) is 79.4 cm³/mol. The minimum absolute atomic E-state index is 0.270. The maximum absolute atomic E-state index is 10.5. The molecule has 0 aliphatic carbocycles. The Morgan fingerprint density at radius 1 is 1.32 bits per heavy atom. The molecule has 0 aromatic rings. The highest BCUT2D eigenvalue weighted by Gasteiger charge is 2.33. The number of ether oxygens (including phenoxy) is 1. The molecule has 1 heterocycles. The molecule has 0 spiro atoms. The number of nitrogens with zero attached hydrogens (tertiary/aromatic N) is 1. The maximum atomic E-state index is 10.5. The van der Waals surface area contributed by atoms with Gasteiger partial charge in [0.1, 0.15) is 0 Å². The van der Waals surface area contributed by atoms with Crippen molar-refractivity contribution in [2.24, 2.45) is 5.41 Å². The van der Waals surface area contributed by atoms with Crippen molar-refractivity contribution in [3.8, 4) is 0 Å². The summed E-state index contributed by atoms with van der Waals surface area (Å²) in [6, 6.07) is 0. The van der Waals surface area contributed by atoms with Crippen LogP contribution in [0.4, 0.5) is 0 Å². The van der Waals surface area contributed by atoms with E-state index < -0.39 is 5.60 Å². The van der Waals surface area contributed by atoms with Crippen LogP contribution in [0.15, 0.2) is 0 Å². The Balaban J connectivity index is 2.45. The average molecular weight is 272 g/mol. The summed E-state index contributed by atoms with van der Waals surface area (Å²) in [4.78, 5) is 2.28. The molecule has 1 atom stereocenters. The van der Waals surface area contributed by atoms with Crippen LogP contribution in [0.2, 0.25) is 0 Å². The molecule has 0 saturated carbocycles. The minimum atomic E-state index is -0.556. The Bertz CT molecular complexity index is 255. The number of hydrogen-bond acceptors (Lipinski definition) is 4.